The van der Waals surface area contributed by atoms with E-state index >= 15 is 0 Å². The number of benzene rings is 3. The molecule has 0 saturated heterocycles. The summed E-state index contributed by atoms with van der Waals surface area (Å²) >= 11 is -4.42. The summed E-state index contributed by atoms with van der Waals surface area (Å²) in [6, 6.07) is 21.8. The van der Waals surface area contributed by atoms with E-state index < -0.39 is 18.3 Å². The zero-order valence-corrected chi connectivity index (χ0v) is 32.1. The molecule has 3 aromatic carbocycles. The minimum absolute atomic E-state index is 0.0985. The Morgan fingerprint density at radius 3 is 2.00 bits per heavy atom. The second kappa shape index (κ2) is 9.70. The molecule has 0 bridgehead atoms. The summed E-state index contributed by atoms with van der Waals surface area (Å²) in [7, 11) is 0. The number of rotatable bonds is 5. The summed E-state index contributed by atoms with van der Waals surface area (Å²) < 4.78 is 11.7. The molecule has 0 radical (unpaired) electrons. The molecule has 7 rings (SSSR count). The van der Waals surface area contributed by atoms with Crippen molar-refractivity contribution in [2.45, 2.75) is 97.5 Å². The summed E-state index contributed by atoms with van der Waals surface area (Å²) in [4.78, 5) is 0. The van der Waals surface area contributed by atoms with Crippen molar-refractivity contribution in [3.63, 3.8) is 0 Å². The van der Waals surface area contributed by atoms with Crippen LogP contribution in [0.5, 0.6) is 0 Å². The molecule has 0 N–H and O–H groups in total. The Hall–Kier alpha value is -2.63. The molecular formula is C44H52Zr. The molecule has 1 unspecified atom stereocenters. The zero-order valence-electron chi connectivity index (χ0n) is 29.6. The summed E-state index contributed by atoms with van der Waals surface area (Å²) in [5.74, 6) is 0.924. The SMILES string of the molecule is [CH2]=[Zr]([CH2]C)([C]1=C(C)C(C(C)C)=CC1C)([C]1=C(C)c2cc3c(cc2C1(C)C)Cc1cc2c(cc1-3)C(C)=CC2(C)C)[c]1ccccc1. The summed E-state index contributed by atoms with van der Waals surface area (Å²) in [6.45, 7) is 26.6. The van der Waals surface area contributed by atoms with E-state index in [2.05, 4.69) is 143 Å². The molecule has 1 heteroatoms. The monoisotopic (exact) mass is 670 g/mol. The molecule has 0 spiro atoms. The van der Waals surface area contributed by atoms with E-state index in [-0.39, 0.29) is 10.8 Å². The van der Waals surface area contributed by atoms with E-state index in [1.807, 2.05) is 0 Å². The van der Waals surface area contributed by atoms with Gasteiger partial charge in [0.05, 0.1) is 0 Å². The van der Waals surface area contributed by atoms with E-state index in [0.717, 1.165) is 10.5 Å². The molecule has 232 valence electrons. The van der Waals surface area contributed by atoms with Crippen molar-refractivity contribution in [2.75, 3.05) is 0 Å². The van der Waals surface area contributed by atoms with E-state index in [1.54, 1.807) is 6.56 Å². The van der Waals surface area contributed by atoms with Crippen molar-refractivity contribution in [1.82, 2.24) is 0 Å². The Bertz CT molecular complexity index is 2010. The first-order chi connectivity index (χ1) is 21.1. The van der Waals surface area contributed by atoms with Gasteiger partial charge >= 0.3 is 275 Å². The van der Waals surface area contributed by atoms with E-state index in [9.17, 15) is 0 Å². The first-order valence-corrected chi connectivity index (χ1v) is 24.5. The third kappa shape index (κ3) is 3.89. The van der Waals surface area contributed by atoms with Crippen molar-refractivity contribution >= 4 is 18.6 Å². The van der Waals surface area contributed by atoms with Crippen LogP contribution in [0.15, 0.2) is 84.5 Å². The van der Waals surface area contributed by atoms with Gasteiger partial charge in [-0.25, -0.2) is 0 Å². The van der Waals surface area contributed by atoms with Crippen LogP contribution in [-0.4, -0.2) is 4.21 Å². The average molecular weight is 672 g/mol. The van der Waals surface area contributed by atoms with E-state index in [0.29, 0.717) is 11.8 Å². The number of hydrogen-bond acceptors (Lipinski definition) is 0. The second-order valence-electron chi connectivity index (χ2n) is 16.5. The van der Waals surface area contributed by atoms with Gasteiger partial charge in [0.1, 0.15) is 0 Å². The zero-order chi connectivity index (χ0) is 32.5. The van der Waals surface area contributed by atoms with Crippen molar-refractivity contribution < 1.29 is 18.3 Å². The van der Waals surface area contributed by atoms with Crippen LogP contribution in [-0.2, 0) is 35.5 Å². The van der Waals surface area contributed by atoms with Gasteiger partial charge in [-0.2, -0.15) is 0 Å². The molecule has 0 saturated carbocycles. The molecule has 4 aliphatic carbocycles. The van der Waals surface area contributed by atoms with Crippen molar-refractivity contribution in [3.05, 3.63) is 118 Å². The third-order valence-electron chi connectivity index (χ3n) is 12.8. The van der Waals surface area contributed by atoms with Crippen LogP contribution in [0.25, 0.3) is 22.3 Å². The Morgan fingerprint density at radius 1 is 0.822 bits per heavy atom. The quantitative estimate of drug-likeness (QED) is 0.198. The second-order valence-corrected chi connectivity index (χ2v) is 30.5. The minimum atomic E-state index is -4.42. The van der Waals surface area contributed by atoms with Crippen LogP contribution in [0.4, 0.5) is 0 Å². The van der Waals surface area contributed by atoms with Crippen molar-refractivity contribution in [2.24, 2.45) is 11.8 Å². The molecular weight excluding hydrogens is 620 g/mol. The van der Waals surface area contributed by atoms with Gasteiger partial charge in [0.15, 0.2) is 0 Å². The van der Waals surface area contributed by atoms with Crippen molar-refractivity contribution in [3.8, 4) is 11.1 Å². The summed E-state index contributed by atoms with van der Waals surface area (Å²) in [5, 5.41) is 0. The topological polar surface area (TPSA) is 0 Å². The molecule has 0 amide bonds. The van der Waals surface area contributed by atoms with E-state index in [4.69, 9.17) is 4.21 Å². The molecule has 0 aromatic heterocycles. The van der Waals surface area contributed by atoms with Crippen LogP contribution in [0.2, 0.25) is 4.13 Å². The Balaban J connectivity index is 1.51. The number of fused-ring (bicyclic) bond motifs is 5. The maximum absolute atomic E-state index is 5.71. The van der Waals surface area contributed by atoms with Gasteiger partial charge in [-0.1, -0.05) is 0 Å². The molecule has 0 aliphatic heterocycles. The Kier molecular flexibility index (Phi) is 6.68. The molecule has 0 nitrogen and oxygen atoms in total. The van der Waals surface area contributed by atoms with Gasteiger partial charge < -0.3 is 0 Å². The fourth-order valence-corrected chi connectivity index (χ4v) is 30.5. The summed E-state index contributed by atoms with van der Waals surface area (Å²) in [5.41, 5.74) is 17.8. The fourth-order valence-electron chi connectivity index (χ4n) is 11.1. The third-order valence-corrected chi connectivity index (χ3v) is 31.5. The molecule has 0 heterocycles. The van der Waals surface area contributed by atoms with Crippen LogP contribution < -0.4 is 3.27 Å². The standard InChI is InChI=1S/C25H25.C10H15.C6H5.C2H5.CH2.Zr/c1-14-12-24(3,4)22-8-16-7-17-9-23-19(15(2)13-25(23,5)6)11-21(17)20(16)10-18(14)22;1-7(2)10-6-8(3)5-9(10)4;1-2-4-6-5-3-1;1-2;;/h8-12H,7H2,1-6H3;6-8H,1-4H3;1-5H;1H2,2H3;1H2;. The first-order valence-electron chi connectivity index (χ1n) is 17.4. The molecule has 45 heavy (non-hydrogen) atoms. The predicted molar refractivity (Wildman–Crippen MR) is 195 cm³/mol. The molecule has 4 aliphatic rings. The fraction of sp³-hybridized carbons (Fsp3) is 0.386. The maximum atomic E-state index is 5.71. The number of allylic oxidation sites excluding steroid dienone is 8. The molecule has 1 atom stereocenters. The van der Waals surface area contributed by atoms with Gasteiger partial charge in [-0.05, 0) is 0 Å². The van der Waals surface area contributed by atoms with Crippen LogP contribution in [0.1, 0.15) is 110 Å². The van der Waals surface area contributed by atoms with Crippen LogP contribution >= 0.6 is 0 Å². The Morgan fingerprint density at radius 2 is 1.42 bits per heavy atom. The van der Waals surface area contributed by atoms with Gasteiger partial charge in [0.2, 0.25) is 0 Å². The van der Waals surface area contributed by atoms with E-state index in [1.165, 1.54) is 70.1 Å². The molecule has 0 fully saturated rings. The summed E-state index contributed by atoms with van der Waals surface area (Å²) in [6.07, 6.45) is 6.06. The van der Waals surface area contributed by atoms with Crippen LogP contribution in [0, 0.1) is 11.8 Å². The number of hydrogen-bond donors (Lipinski definition) is 0. The van der Waals surface area contributed by atoms with Crippen LogP contribution in [0.3, 0.4) is 0 Å². The van der Waals surface area contributed by atoms with Gasteiger partial charge in [-0.3, -0.25) is 0 Å². The normalized spacial score (nSPS) is 21.2. The predicted octanol–water partition coefficient (Wildman–Crippen LogP) is 11.4. The van der Waals surface area contributed by atoms with Crippen molar-refractivity contribution in [1.29, 1.82) is 0 Å². The Labute approximate surface area is 273 Å². The van der Waals surface area contributed by atoms with Gasteiger partial charge in [0, 0.05) is 0 Å². The molecule has 3 aromatic rings. The van der Waals surface area contributed by atoms with Gasteiger partial charge in [-0.15, -0.1) is 0 Å². The first kappa shape index (κ1) is 31.0. The average Bonchev–Trinajstić information content (AvgIpc) is 3.63. The van der Waals surface area contributed by atoms with Gasteiger partial charge in [0.25, 0.3) is 0 Å².